The van der Waals surface area contributed by atoms with Crippen LogP contribution in [0, 0.1) is 5.92 Å². The van der Waals surface area contributed by atoms with E-state index in [1.54, 1.807) is 24.3 Å². The summed E-state index contributed by atoms with van der Waals surface area (Å²) in [7, 11) is -3.56. The number of ether oxygens (including phenoxy) is 1. The summed E-state index contributed by atoms with van der Waals surface area (Å²) in [5.74, 6) is 0.669. The zero-order chi connectivity index (χ0) is 20.1. The predicted octanol–water partition coefficient (Wildman–Crippen LogP) is 3.78. The van der Waals surface area contributed by atoms with Crippen LogP contribution >= 0.6 is 0 Å². The standard InChI is InChI=1S/C21H32N2O4S/c1-16-14-23(15-17(2)27-16)28(25,26)20-11-9-19(10-12-20)22-21(24)13-8-18-6-4-3-5-7-18/h9-12,16-18H,3-8,13-15H2,1-2H3,(H,22,24). The molecule has 2 fully saturated rings. The normalized spacial score (nSPS) is 24.8. The van der Waals surface area contributed by atoms with Gasteiger partial charge in [0.15, 0.2) is 0 Å². The van der Waals surface area contributed by atoms with Gasteiger partial charge in [-0.3, -0.25) is 4.79 Å². The molecule has 2 aliphatic rings. The molecule has 1 aromatic rings. The van der Waals surface area contributed by atoms with E-state index in [9.17, 15) is 13.2 Å². The molecular weight excluding hydrogens is 376 g/mol. The van der Waals surface area contributed by atoms with Crippen LogP contribution in [0.15, 0.2) is 29.2 Å². The van der Waals surface area contributed by atoms with Crippen molar-refractivity contribution in [3.05, 3.63) is 24.3 Å². The summed E-state index contributed by atoms with van der Waals surface area (Å²) >= 11 is 0. The third-order valence-electron chi connectivity index (χ3n) is 5.67. The number of nitrogens with zero attached hydrogens (tertiary/aromatic N) is 1. The number of amides is 1. The lowest BCUT2D eigenvalue weighted by atomic mass is 9.86. The molecule has 0 spiro atoms. The molecule has 1 saturated heterocycles. The van der Waals surface area contributed by atoms with Crippen molar-refractivity contribution >= 4 is 21.6 Å². The third-order valence-corrected chi connectivity index (χ3v) is 7.51. The van der Waals surface area contributed by atoms with Gasteiger partial charge in [-0.05, 0) is 50.5 Å². The SMILES string of the molecule is CC1CN(S(=O)(=O)c2ccc(NC(=O)CCC3CCCCC3)cc2)CC(C)O1. The molecule has 156 valence electrons. The molecule has 28 heavy (non-hydrogen) atoms. The highest BCUT2D eigenvalue weighted by Crippen LogP contribution is 2.27. The molecule has 1 heterocycles. The van der Waals surface area contributed by atoms with Gasteiger partial charge in [0, 0.05) is 25.2 Å². The van der Waals surface area contributed by atoms with Crippen molar-refractivity contribution < 1.29 is 17.9 Å². The van der Waals surface area contributed by atoms with Crippen molar-refractivity contribution in [3.63, 3.8) is 0 Å². The van der Waals surface area contributed by atoms with Crippen LogP contribution in [0.4, 0.5) is 5.69 Å². The number of hydrogen-bond acceptors (Lipinski definition) is 4. The lowest BCUT2D eigenvalue weighted by Gasteiger charge is -2.34. The number of nitrogens with one attached hydrogen (secondary N) is 1. The monoisotopic (exact) mass is 408 g/mol. The number of morpholine rings is 1. The van der Waals surface area contributed by atoms with Crippen LogP contribution in [-0.4, -0.2) is 43.9 Å². The lowest BCUT2D eigenvalue weighted by molar-refractivity contribution is -0.116. The second-order valence-electron chi connectivity index (χ2n) is 8.19. The number of anilines is 1. The predicted molar refractivity (Wildman–Crippen MR) is 110 cm³/mol. The van der Waals surface area contributed by atoms with Crippen LogP contribution in [0.5, 0.6) is 0 Å². The van der Waals surface area contributed by atoms with Crippen LogP contribution in [-0.2, 0) is 19.6 Å². The molecule has 3 rings (SSSR count). The number of rotatable bonds is 6. The van der Waals surface area contributed by atoms with E-state index in [1.165, 1.54) is 36.4 Å². The van der Waals surface area contributed by atoms with Crippen LogP contribution in [0.1, 0.15) is 58.8 Å². The van der Waals surface area contributed by atoms with Crippen molar-refractivity contribution in [1.29, 1.82) is 0 Å². The number of carbonyl (C=O) groups is 1. The minimum absolute atomic E-state index is 0.00277. The second kappa shape index (κ2) is 9.37. The Labute approximate surface area is 168 Å². The molecule has 1 amide bonds. The van der Waals surface area contributed by atoms with Crippen LogP contribution < -0.4 is 5.32 Å². The maximum Gasteiger partial charge on any atom is 0.243 e. The summed E-state index contributed by atoms with van der Waals surface area (Å²) in [4.78, 5) is 12.4. The van der Waals surface area contributed by atoms with E-state index in [2.05, 4.69) is 5.32 Å². The summed E-state index contributed by atoms with van der Waals surface area (Å²) in [6.07, 6.45) is 7.56. The maximum absolute atomic E-state index is 12.9. The molecule has 0 aromatic heterocycles. The topological polar surface area (TPSA) is 75.7 Å². The molecule has 6 nitrogen and oxygen atoms in total. The van der Waals surface area contributed by atoms with Gasteiger partial charge >= 0.3 is 0 Å². The number of benzene rings is 1. The Morgan fingerprint density at radius 2 is 1.68 bits per heavy atom. The summed E-state index contributed by atoms with van der Waals surface area (Å²) in [6, 6.07) is 6.46. The summed E-state index contributed by atoms with van der Waals surface area (Å²) < 4.78 is 32.8. The van der Waals surface area contributed by atoms with Crippen molar-refractivity contribution in [1.82, 2.24) is 4.31 Å². The fourth-order valence-corrected chi connectivity index (χ4v) is 5.81. The minimum atomic E-state index is -3.56. The van der Waals surface area contributed by atoms with Crippen molar-refractivity contribution in [2.24, 2.45) is 5.92 Å². The van der Waals surface area contributed by atoms with E-state index >= 15 is 0 Å². The first kappa shape index (κ1) is 21.3. The van der Waals surface area contributed by atoms with E-state index in [0.29, 0.717) is 31.1 Å². The van der Waals surface area contributed by atoms with Gasteiger partial charge in [-0.15, -0.1) is 0 Å². The highest BCUT2D eigenvalue weighted by molar-refractivity contribution is 7.89. The maximum atomic E-state index is 12.9. The Morgan fingerprint density at radius 3 is 2.29 bits per heavy atom. The summed E-state index contributed by atoms with van der Waals surface area (Å²) in [5.41, 5.74) is 0.635. The Kier molecular flexibility index (Phi) is 7.12. The van der Waals surface area contributed by atoms with E-state index in [0.717, 1.165) is 6.42 Å². The van der Waals surface area contributed by atoms with E-state index in [4.69, 9.17) is 4.74 Å². The van der Waals surface area contributed by atoms with Crippen molar-refractivity contribution in [2.75, 3.05) is 18.4 Å². The van der Waals surface area contributed by atoms with Gasteiger partial charge in [-0.25, -0.2) is 8.42 Å². The summed E-state index contributed by atoms with van der Waals surface area (Å²) in [6.45, 7) is 4.47. The van der Waals surface area contributed by atoms with Gasteiger partial charge in [0.05, 0.1) is 17.1 Å². The van der Waals surface area contributed by atoms with Gasteiger partial charge < -0.3 is 10.1 Å². The first-order chi connectivity index (χ1) is 13.3. The Hall–Kier alpha value is -1.44. The lowest BCUT2D eigenvalue weighted by Crippen LogP contribution is -2.48. The third kappa shape index (κ3) is 5.55. The zero-order valence-electron chi connectivity index (χ0n) is 16.9. The Balaban J connectivity index is 1.55. The van der Waals surface area contributed by atoms with Gasteiger partial charge in [0.2, 0.25) is 15.9 Å². The Bertz CT molecular complexity index is 747. The molecular formula is C21H32N2O4S. The highest BCUT2D eigenvalue weighted by atomic mass is 32.2. The molecule has 1 aliphatic heterocycles. The quantitative estimate of drug-likeness (QED) is 0.777. The smallest absolute Gasteiger partial charge is 0.243 e. The average molecular weight is 409 g/mol. The average Bonchev–Trinajstić information content (AvgIpc) is 2.67. The van der Waals surface area contributed by atoms with E-state index in [1.807, 2.05) is 13.8 Å². The van der Waals surface area contributed by atoms with Crippen LogP contribution in [0.2, 0.25) is 0 Å². The molecule has 1 aliphatic carbocycles. The molecule has 1 N–H and O–H groups in total. The fourth-order valence-electron chi connectivity index (χ4n) is 4.22. The zero-order valence-corrected chi connectivity index (χ0v) is 17.7. The van der Waals surface area contributed by atoms with Gasteiger partial charge in [-0.1, -0.05) is 32.1 Å². The second-order valence-corrected chi connectivity index (χ2v) is 10.1. The molecule has 0 radical (unpaired) electrons. The summed E-state index contributed by atoms with van der Waals surface area (Å²) in [5, 5.41) is 2.89. The van der Waals surface area contributed by atoms with Crippen molar-refractivity contribution in [2.45, 2.75) is 75.9 Å². The molecule has 2 unspecified atom stereocenters. The first-order valence-corrected chi connectivity index (χ1v) is 11.8. The molecule has 0 bridgehead atoms. The number of sulfonamides is 1. The van der Waals surface area contributed by atoms with Crippen molar-refractivity contribution in [3.8, 4) is 0 Å². The Morgan fingerprint density at radius 1 is 1.07 bits per heavy atom. The number of hydrogen-bond donors (Lipinski definition) is 1. The van der Waals surface area contributed by atoms with Crippen LogP contribution in [0.3, 0.4) is 0 Å². The number of carbonyl (C=O) groups excluding carboxylic acids is 1. The van der Waals surface area contributed by atoms with Gasteiger partial charge in [-0.2, -0.15) is 4.31 Å². The van der Waals surface area contributed by atoms with Gasteiger partial charge in [0.1, 0.15) is 0 Å². The first-order valence-electron chi connectivity index (χ1n) is 10.4. The van der Waals surface area contributed by atoms with Crippen LogP contribution in [0.25, 0.3) is 0 Å². The largest absolute Gasteiger partial charge is 0.373 e. The van der Waals surface area contributed by atoms with Gasteiger partial charge in [0.25, 0.3) is 0 Å². The molecule has 1 aromatic carbocycles. The van der Waals surface area contributed by atoms with E-state index < -0.39 is 10.0 Å². The molecule has 7 heteroatoms. The molecule has 1 saturated carbocycles. The minimum Gasteiger partial charge on any atom is -0.373 e. The molecule has 2 atom stereocenters. The highest BCUT2D eigenvalue weighted by Gasteiger charge is 2.32. The fraction of sp³-hybridized carbons (Fsp3) is 0.667. The van der Waals surface area contributed by atoms with E-state index in [-0.39, 0.29) is 23.0 Å².